The quantitative estimate of drug-likeness (QED) is 0.696. The van der Waals surface area contributed by atoms with E-state index < -0.39 is 0 Å². The van der Waals surface area contributed by atoms with Crippen LogP contribution in [0.15, 0.2) is 59.5 Å². The minimum absolute atomic E-state index is 0.0519. The highest BCUT2D eigenvalue weighted by Crippen LogP contribution is 2.32. The van der Waals surface area contributed by atoms with Gasteiger partial charge in [0.2, 0.25) is 0 Å². The molecule has 0 saturated heterocycles. The molecule has 0 bridgehead atoms. The van der Waals surface area contributed by atoms with E-state index >= 15 is 0 Å². The van der Waals surface area contributed by atoms with Gasteiger partial charge in [-0.2, -0.15) is 0 Å². The number of para-hydroxylation sites is 2. The highest BCUT2D eigenvalue weighted by molar-refractivity contribution is 5.60. The lowest BCUT2D eigenvalue weighted by atomic mass is 10.2. The first-order valence-corrected chi connectivity index (χ1v) is 9.30. The van der Waals surface area contributed by atoms with Crippen molar-refractivity contribution >= 4 is 11.3 Å². The van der Waals surface area contributed by atoms with Crippen molar-refractivity contribution in [2.24, 2.45) is 0 Å². The number of rotatable bonds is 5. The van der Waals surface area contributed by atoms with Crippen molar-refractivity contribution in [2.75, 3.05) is 31.6 Å². The van der Waals surface area contributed by atoms with Crippen molar-refractivity contribution in [2.45, 2.75) is 19.6 Å². The molecule has 27 heavy (non-hydrogen) atoms. The zero-order valence-electron chi connectivity index (χ0n) is 15.7. The Morgan fingerprint density at radius 3 is 2.89 bits per heavy atom. The predicted octanol–water partition coefficient (Wildman–Crippen LogP) is 2.41. The number of aromatic nitrogens is 2. The van der Waals surface area contributed by atoms with Crippen molar-refractivity contribution < 1.29 is 4.74 Å². The molecular formula is C21H24N4O2. The van der Waals surface area contributed by atoms with Crippen molar-refractivity contribution in [3.63, 3.8) is 0 Å². The normalized spacial score (nSPS) is 16.4. The SMILES string of the molecule is CCN1C[C@H](CN(C)Cc2cc(=O)n3ccccc3n2)Oc2ccccc21. The number of fused-ring (bicyclic) bond motifs is 2. The number of pyridine rings is 1. The third-order valence-corrected chi connectivity index (χ3v) is 4.88. The molecule has 1 aliphatic heterocycles. The van der Waals surface area contributed by atoms with E-state index in [1.807, 2.05) is 43.4 Å². The van der Waals surface area contributed by atoms with E-state index in [4.69, 9.17) is 4.74 Å². The third kappa shape index (κ3) is 3.66. The third-order valence-electron chi connectivity index (χ3n) is 4.88. The molecule has 0 radical (unpaired) electrons. The van der Waals surface area contributed by atoms with Crippen LogP contribution >= 0.6 is 0 Å². The Bertz CT molecular complexity index is 1000. The van der Waals surface area contributed by atoms with E-state index in [0.717, 1.165) is 36.8 Å². The van der Waals surface area contributed by atoms with E-state index in [0.29, 0.717) is 12.2 Å². The standard InChI is InChI=1S/C21H24N4O2/c1-3-24-15-17(27-19-9-5-4-8-18(19)24)14-23(2)13-16-12-21(26)25-11-7-6-10-20(25)22-16/h4-12,17H,3,13-15H2,1-2H3/t17-/m0/s1. The molecule has 2 aromatic heterocycles. The topological polar surface area (TPSA) is 50.1 Å². The number of benzene rings is 1. The summed E-state index contributed by atoms with van der Waals surface area (Å²) in [6, 6.07) is 15.4. The Kier molecular flexibility index (Phi) is 4.81. The fraction of sp³-hybridized carbons (Fsp3) is 0.333. The lowest BCUT2D eigenvalue weighted by Crippen LogP contribution is -2.45. The van der Waals surface area contributed by atoms with Crippen molar-refractivity contribution in [3.05, 3.63) is 70.8 Å². The van der Waals surface area contributed by atoms with Crippen molar-refractivity contribution in [3.8, 4) is 5.75 Å². The maximum atomic E-state index is 12.3. The summed E-state index contributed by atoms with van der Waals surface area (Å²) in [5.41, 5.74) is 2.55. The van der Waals surface area contributed by atoms with Crippen molar-refractivity contribution in [1.82, 2.24) is 14.3 Å². The highest BCUT2D eigenvalue weighted by Gasteiger charge is 2.25. The van der Waals surface area contributed by atoms with Crippen LogP contribution in [0, 0.1) is 0 Å². The van der Waals surface area contributed by atoms with Gasteiger partial charge >= 0.3 is 0 Å². The molecule has 140 valence electrons. The lowest BCUT2D eigenvalue weighted by Gasteiger charge is -2.37. The number of hydrogen-bond donors (Lipinski definition) is 0. The monoisotopic (exact) mass is 364 g/mol. The van der Waals surface area contributed by atoms with Crippen LogP contribution in [0.2, 0.25) is 0 Å². The summed E-state index contributed by atoms with van der Waals surface area (Å²) in [6.45, 7) is 5.33. The number of hydrogen-bond acceptors (Lipinski definition) is 5. The number of likely N-dealkylation sites (N-methyl/N-ethyl adjacent to an activating group) is 2. The summed E-state index contributed by atoms with van der Waals surface area (Å²) in [7, 11) is 2.04. The van der Waals surface area contributed by atoms with Gasteiger partial charge in [-0.1, -0.05) is 18.2 Å². The number of anilines is 1. The van der Waals surface area contributed by atoms with Crippen LogP contribution in [0.3, 0.4) is 0 Å². The molecule has 0 saturated carbocycles. The van der Waals surface area contributed by atoms with Gasteiger partial charge in [-0.3, -0.25) is 14.1 Å². The predicted molar refractivity (Wildman–Crippen MR) is 107 cm³/mol. The number of nitrogens with zero attached hydrogens (tertiary/aromatic N) is 4. The van der Waals surface area contributed by atoms with Crippen molar-refractivity contribution in [1.29, 1.82) is 0 Å². The van der Waals surface area contributed by atoms with Gasteiger partial charge in [0.05, 0.1) is 17.9 Å². The summed E-state index contributed by atoms with van der Waals surface area (Å²) in [4.78, 5) is 21.4. The summed E-state index contributed by atoms with van der Waals surface area (Å²) >= 11 is 0. The number of ether oxygens (including phenoxy) is 1. The Morgan fingerprint density at radius 1 is 1.22 bits per heavy atom. The van der Waals surface area contributed by atoms with Gasteiger partial charge in [-0.15, -0.1) is 0 Å². The molecule has 3 heterocycles. The Morgan fingerprint density at radius 2 is 2.04 bits per heavy atom. The van der Waals surface area contributed by atoms with Gasteiger partial charge in [0.1, 0.15) is 17.5 Å². The molecule has 6 nitrogen and oxygen atoms in total. The molecule has 1 aromatic carbocycles. The molecule has 4 rings (SSSR count). The van der Waals surface area contributed by atoms with Gasteiger partial charge in [0.25, 0.3) is 5.56 Å². The first-order chi connectivity index (χ1) is 13.1. The molecule has 6 heteroatoms. The first-order valence-electron chi connectivity index (χ1n) is 9.30. The van der Waals surface area contributed by atoms with E-state index in [-0.39, 0.29) is 11.7 Å². The molecule has 0 N–H and O–H groups in total. The average Bonchev–Trinajstić information content (AvgIpc) is 2.67. The van der Waals surface area contributed by atoms with E-state index in [9.17, 15) is 4.79 Å². The Balaban J connectivity index is 1.47. The highest BCUT2D eigenvalue weighted by atomic mass is 16.5. The van der Waals surface area contributed by atoms with Gasteiger partial charge in [0, 0.05) is 31.9 Å². The maximum absolute atomic E-state index is 12.3. The summed E-state index contributed by atoms with van der Waals surface area (Å²) < 4.78 is 7.76. The summed E-state index contributed by atoms with van der Waals surface area (Å²) in [5.74, 6) is 0.936. The summed E-state index contributed by atoms with van der Waals surface area (Å²) in [5, 5.41) is 0. The fourth-order valence-corrected chi connectivity index (χ4v) is 3.65. The molecule has 1 atom stereocenters. The minimum Gasteiger partial charge on any atom is -0.485 e. The molecule has 0 aliphatic carbocycles. The van der Waals surface area contributed by atoms with Crippen LogP contribution in [-0.4, -0.2) is 47.1 Å². The average molecular weight is 364 g/mol. The molecule has 0 unspecified atom stereocenters. The molecule has 0 amide bonds. The lowest BCUT2D eigenvalue weighted by molar-refractivity contribution is 0.139. The van der Waals surface area contributed by atoms with Gasteiger partial charge in [-0.05, 0) is 38.2 Å². The minimum atomic E-state index is -0.0519. The second kappa shape index (κ2) is 7.40. The first kappa shape index (κ1) is 17.5. The van der Waals surface area contributed by atoms with Crippen LogP contribution in [0.25, 0.3) is 5.65 Å². The molecule has 0 spiro atoms. The Hall–Kier alpha value is -2.86. The van der Waals surface area contributed by atoms with Crippen LogP contribution in [0.4, 0.5) is 5.69 Å². The van der Waals surface area contributed by atoms with Gasteiger partial charge < -0.3 is 9.64 Å². The van der Waals surface area contributed by atoms with Gasteiger partial charge in [-0.25, -0.2) is 4.98 Å². The maximum Gasteiger partial charge on any atom is 0.258 e. The van der Waals surface area contributed by atoms with Crippen LogP contribution in [-0.2, 0) is 6.54 Å². The van der Waals surface area contributed by atoms with E-state index in [1.165, 1.54) is 0 Å². The van der Waals surface area contributed by atoms with Crippen LogP contribution in [0.5, 0.6) is 5.75 Å². The van der Waals surface area contributed by atoms with Crippen LogP contribution < -0.4 is 15.2 Å². The second-order valence-corrected chi connectivity index (χ2v) is 6.96. The summed E-state index contributed by atoms with van der Waals surface area (Å²) in [6.07, 6.45) is 1.82. The molecule has 3 aromatic rings. The Labute approximate surface area is 158 Å². The fourth-order valence-electron chi connectivity index (χ4n) is 3.65. The smallest absolute Gasteiger partial charge is 0.258 e. The zero-order valence-corrected chi connectivity index (χ0v) is 15.7. The van der Waals surface area contributed by atoms with E-state index in [2.05, 4.69) is 27.8 Å². The largest absolute Gasteiger partial charge is 0.485 e. The second-order valence-electron chi connectivity index (χ2n) is 6.96. The molecular weight excluding hydrogens is 340 g/mol. The van der Waals surface area contributed by atoms with Gasteiger partial charge in [0.15, 0.2) is 0 Å². The van der Waals surface area contributed by atoms with Crippen LogP contribution in [0.1, 0.15) is 12.6 Å². The van der Waals surface area contributed by atoms with E-state index in [1.54, 1.807) is 16.7 Å². The zero-order chi connectivity index (χ0) is 18.8. The molecule has 0 fully saturated rings. The molecule has 1 aliphatic rings.